The minimum absolute atomic E-state index is 0. The van der Waals surface area contributed by atoms with E-state index in [1.54, 1.807) is 115 Å². The van der Waals surface area contributed by atoms with Crippen LogP contribution in [-0.2, 0) is 59.1 Å². The summed E-state index contributed by atoms with van der Waals surface area (Å²) >= 11 is 5.04. The summed E-state index contributed by atoms with van der Waals surface area (Å²) in [5.74, 6) is 6.32. The van der Waals surface area contributed by atoms with E-state index in [0.29, 0.717) is 30.9 Å². The van der Waals surface area contributed by atoms with E-state index in [0.717, 1.165) is 124 Å². The number of methoxy groups -OCH3 is 5. The number of halogens is 5. The van der Waals surface area contributed by atoms with E-state index in [9.17, 15) is 46.6 Å². The number of hydrogen-bond donors (Lipinski definition) is 6. The van der Waals surface area contributed by atoms with Crippen LogP contribution >= 0.6 is 24.0 Å². The molecule has 0 saturated heterocycles. The summed E-state index contributed by atoms with van der Waals surface area (Å²) in [6.45, 7) is 16.4. The van der Waals surface area contributed by atoms with Crippen molar-refractivity contribution in [2.24, 2.45) is 17.8 Å². The summed E-state index contributed by atoms with van der Waals surface area (Å²) in [7, 11) is 16.5. The minimum Gasteiger partial charge on any atom is -0.293 e. The Hall–Kier alpha value is -9.23. The van der Waals surface area contributed by atoms with Crippen LogP contribution < -0.4 is 45.5 Å². The van der Waals surface area contributed by atoms with Crippen molar-refractivity contribution in [1.29, 1.82) is 0 Å². The number of nitrogens with zero attached hydrogens (tertiary/aromatic N) is 1. The normalized spacial score (nSPS) is 13.3. The average Bonchev–Trinajstić information content (AvgIpc) is 1.60. The Labute approximate surface area is 673 Å². The van der Waals surface area contributed by atoms with Crippen LogP contribution in [0.1, 0.15) is 163 Å². The number of aryl methyl sites for hydroxylation is 2. The van der Waals surface area contributed by atoms with Gasteiger partial charge in [0.1, 0.15) is 45.7 Å². The first-order chi connectivity index (χ1) is 52.5. The molecule has 0 spiro atoms. The predicted molar refractivity (Wildman–Crippen MR) is 436 cm³/mol. The number of aromatic nitrogens is 2. The number of hydrogen-bond acceptors (Lipinski definition) is 21. The average molecular weight is 1630 g/mol. The van der Waals surface area contributed by atoms with Gasteiger partial charge in [-0.25, -0.2) is 20.1 Å². The number of ketones is 1. The Kier molecular flexibility index (Phi) is 46.4. The fourth-order valence-electron chi connectivity index (χ4n) is 9.37. The maximum absolute atomic E-state index is 12.1. The summed E-state index contributed by atoms with van der Waals surface area (Å²) in [6.07, 6.45) is 5.65. The smallest absolute Gasteiger partial charge is 0.293 e. The fourth-order valence-corrected chi connectivity index (χ4v) is 9.58. The van der Waals surface area contributed by atoms with Gasteiger partial charge in [-0.3, -0.25) is 39.4 Å². The molecule has 2 heterocycles. The zero-order chi connectivity index (χ0) is 83.2. The van der Waals surface area contributed by atoms with Crippen LogP contribution in [0.15, 0.2) is 97.1 Å². The molecule has 33 heteroatoms. The number of rotatable bonds is 21. The standard InChI is InChI=1S/C17H23NO4.C13H19NO3.C13H13NO2.C12H13NO.C8H11NO.C6H11NO2.C4H5ClO.C2H5B2O3.C2HF3O.C2H7NO.CH4.ClH/c1-17(2,3)22-16(20)18-14-8-7-13(21-4)9-12(14)10-15(19)11-5-6-11;1-9-8-10(16-5)6-7-11(9)14-12(15)17-13(2,3)4;1-16-9-4-5-12-10(6-9)11(7-15)13(14-12)8-2-3-8;1-14-10-4-5-11-9(6-10)7-12(13-11)8-2-3-8;1-6-5-7(10-2)3-4-8(6)9;1-7(9-2)6(8)5-3-4-5;5-4(6)3-1-2-3;1-3-7-6-2-4-5;3-2(4,5)1-6;1-3-4-2;;/h7-9,11H,5-6,10H2,1-4H3,(H,18,20);6-8H,1-5H3,(H,14,15);4-8,14H,2-3H2,1H3;4-8,13H,2-3H2,1H3;3-5H,9H2,1-2H3;5H,3-4H2,1-2H3;3H,1-2H2;2H2,1H3;1H;3H,1-2H3;1H4;1H. The monoisotopic (exact) mass is 1620 g/mol. The van der Waals surface area contributed by atoms with Crippen LogP contribution in [0.3, 0.4) is 0 Å². The summed E-state index contributed by atoms with van der Waals surface area (Å²) in [5.41, 5.74) is 17.3. The first kappa shape index (κ1) is 102. The quantitative estimate of drug-likeness (QED) is 0.00740. The molecule has 2 aromatic heterocycles. The van der Waals surface area contributed by atoms with Gasteiger partial charge in [0.05, 0.1) is 49.8 Å². The number of Topliss-reactive ketones (excluding diaryl/α,β-unsaturated/α-hetero) is 1. The molecule has 26 nitrogen and oxygen atoms in total. The number of alkyl halides is 3. The van der Waals surface area contributed by atoms with Crippen LogP contribution in [0, 0.1) is 31.6 Å². The molecule has 12 rings (SSSR count). The number of fused-ring (bicyclic) bond motifs is 2. The number of benzene rings is 5. The third-order valence-electron chi connectivity index (χ3n) is 16.0. The number of amides is 3. The molecule has 7 N–H and O–H groups in total. The number of H-pyrrole nitrogens is 2. The second-order valence-electron chi connectivity index (χ2n) is 27.5. The first-order valence-corrected chi connectivity index (χ1v) is 36.2. The van der Waals surface area contributed by atoms with Gasteiger partial charge in [0.25, 0.3) is 0 Å². The molecule has 1 radical (unpaired) electrons. The molecule has 5 saturated carbocycles. The van der Waals surface area contributed by atoms with Crippen molar-refractivity contribution in [3.05, 3.63) is 131 Å². The van der Waals surface area contributed by atoms with E-state index < -0.39 is 35.9 Å². The second kappa shape index (κ2) is 51.5. The summed E-state index contributed by atoms with van der Waals surface area (Å²) < 4.78 is 76.8. The Bertz CT molecular complexity index is 4080. The van der Waals surface area contributed by atoms with Gasteiger partial charge < -0.3 is 53.7 Å². The van der Waals surface area contributed by atoms with Gasteiger partial charge >= 0.3 is 60.7 Å². The number of carbonyl (C=O) groups excluding carboxylic acids is 7. The number of nitrogen functional groups attached to an aromatic ring is 1. The van der Waals surface area contributed by atoms with Crippen LogP contribution in [0.4, 0.5) is 39.8 Å². The van der Waals surface area contributed by atoms with Crippen molar-refractivity contribution in [3.8, 4) is 28.7 Å². The maximum atomic E-state index is 12.1. The van der Waals surface area contributed by atoms with Gasteiger partial charge in [-0.2, -0.15) is 13.2 Å². The SMILES string of the molecule is C.CNOC.CON(C)C(=O)C1CC1.COc1ccc(N)c(C)c1.COc1ccc(NC(=O)OC(C)(C)C)c(C)c1.COc1ccc(NC(=O)OC(C)(C)C)c(CC(=O)C2CC2)c1.COc1ccc2[nH]c(C3CC3)c(C=O)c2c1.COc1ccc2[nH]c(C3CC3)cc2c1.C[B]OOCB=O.Cl.O=C(Cl)C1CC1.O=CC(F)(F)F. The third kappa shape index (κ3) is 41.4. The zero-order valence-corrected chi connectivity index (χ0v) is 68.7. The Morgan fingerprint density at radius 3 is 1.48 bits per heavy atom. The summed E-state index contributed by atoms with van der Waals surface area (Å²) in [4.78, 5) is 101. The third-order valence-corrected chi connectivity index (χ3v) is 16.3. The van der Waals surface area contributed by atoms with Crippen molar-refractivity contribution < 1.29 is 104 Å². The predicted octanol–water partition coefficient (Wildman–Crippen LogP) is 17.2. The van der Waals surface area contributed by atoms with E-state index in [1.165, 1.54) is 61.9 Å². The van der Waals surface area contributed by atoms with E-state index in [-0.39, 0.29) is 61.0 Å². The van der Waals surface area contributed by atoms with Gasteiger partial charge in [0, 0.05) is 94.1 Å². The van der Waals surface area contributed by atoms with Crippen molar-refractivity contribution in [1.82, 2.24) is 20.5 Å². The molecule has 623 valence electrons. The largest absolute Gasteiger partial charge is 0.446 e. The molecule has 0 bridgehead atoms. The van der Waals surface area contributed by atoms with Crippen LogP contribution in [0.5, 0.6) is 28.7 Å². The number of ether oxygens (including phenoxy) is 7. The summed E-state index contributed by atoms with van der Waals surface area (Å²) in [6, 6.07) is 30.5. The number of hydroxylamine groups is 3. The molecular weight excluding hydrogens is 1510 g/mol. The Morgan fingerprint density at radius 1 is 0.619 bits per heavy atom. The summed E-state index contributed by atoms with van der Waals surface area (Å²) in [5, 5.41) is 8.77. The van der Waals surface area contributed by atoms with Gasteiger partial charge in [0.2, 0.25) is 17.4 Å². The molecule has 0 atom stereocenters. The van der Waals surface area contributed by atoms with Gasteiger partial charge in [-0.1, -0.05) is 7.43 Å². The molecule has 5 aliphatic carbocycles. The molecule has 7 aromatic rings. The molecule has 0 unspecified atom stereocenters. The number of carbonyl (C=O) groups is 7. The molecule has 5 fully saturated rings. The minimum atomic E-state index is -4.64. The molecule has 5 aliphatic rings. The maximum Gasteiger partial charge on any atom is 0.446 e. The van der Waals surface area contributed by atoms with Crippen LogP contribution in [0.2, 0.25) is 6.82 Å². The van der Waals surface area contributed by atoms with Crippen molar-refractivity contribution >= 4 is 119 Å². The van der Waals surface area contributed by atoms with Gasteiger partial charge in [-0.15, -0.1) is 12.4 Å². The second-order valence-corrected chi connectivity index (χ2v) is 27.9. The van der Waals surface area contributed by atoms with Crippen LogP contribution in [0.25, 0.3) is 21.8 Å². The molecule has 113 heavy (non-hydrogen) atoms. The zero-order valence-electron chi connectivity index (χ0n) is 67.1. The van der Waals surface area contributed by atoms with Crippen molar-refractivity contribution in [2.75, 3.05) is 86.7 Å². The number of aromatic amines is 2. The fraction of sp³-hybridized carbons (Fsp3) is 0.487. The van der Waals surface area contributed by atoms with Crippen molar-refractivity contribution in [3.63, 3.8) is 0 Å². The number of anilines is 3. The number of nitrogens with one attached hydrogen (secondary N) is 5. The molecule has 3 amide bonds. The van der Waals surface area contributed by atoms with Gasteiger partial charge in [0.15, 0.2) is 6.29 Å². The number of nitrogens with two attached hydrogens (primary N) is 1. The number of aldehydes is 2. The molecule has 5 aromatic carbocycles. The van der Waals surface area contributed by atoms with Crippen LogP contribution in [-0.4, -0.2) is 159 Å². The Morgan fingerprint density at radius 2 is 1.07 bits per heavy atom. The van der Waals surface area contributed by atoms with E-state index in [2.05, 4.69) is 58.8 Å². The van der Waals surface area contributed by atoms with E-state index in [4.69, 9.17) is 60.1 Å². The Balaban J connectivity index is 0.000000648. The first-order valence-electron chi connectivity index (χ1n) is 35.8. The molecule has 0 aliphatic heterocycles. The van der Waals surface area contributed by atoms with Gasteiger partial charge in [-0.05, 0) is 257 Å². The van der Waals surface area contributed by atoms with E-state index in [1.807, 2.05) is 83.1 Å². The topological polar surface area (TPSA) is 335 Å². The van der Waals surface area contributed by atoms with E-state index >= 15 is 0 Å². The van der Waals surface area contributed by atoms with Crippen molar-refractivity contribution in [2.45, 2.75) is 169 Å². The molecular formula is C80H113B2Cl2F3N7O19.